The van der Waals surface area contributed by atoms with E-state index in [0.717, 1.165) is 11.1 Å². The Morgan fingerprint density at radius 1 is 1.09 bits per heavy atom. The predicted octanol–water partition coefficient (Wildman–Crippen LogP) is 7.95. The number of nitriles is 1. The zero-order chi connectivity index (χ0) is 23.3. The van der Waals surface area contributed by atoms with Crippen LogP contribution in [0, 0.1) is 18.3 Å². The number of hydrogen-bond acceptors (Lipinski definition) is 3. The lowest BCUT2D eigenvalue weighted by Gasteiger charge is -2.12. The Kier molecular flexibility index (Phi) is 8.38. The van der Waals surface area contributed by atoms with Crippen LogP contribution in [-0.2, 0) is 11.4 Å². The number of aryl methyl sites for hydroxylation is 1. The average molecular weight is 595 g/mol. The molecule has 0 atom stereocenters. The van der Waals surface area contributed by atoms with Gasteiger partial charge in [-0.25, -0.2) is 0 Å². The zero-order valence-electron chi connectivity index (χ0n) is 16.8. The summed E-state index contributed by atoms with van der Waals surface area (Å²) in [4.78, 5) is 12.7. The van der Waals surface area contributed by atoms with Gasteiger partial charge in [-0.1, -0.05) is 53.5 Å². The summed E-state index contributed by atoms with van der Waals surface area (Å²) in [5.41, 5.74) is 2.91. The van der Waals surface area contributed by atoms with Crippen molar-refractivity contribution in [3.63, 3.8) is 0 Å². The Morgan fingerprint density at radius 3 is 2.25 bits per heavy atom. The molecule has 0 fully saturated rings. The van der Waals surface area contributed by atoms with Gasteiger partial charge in [0.15, 0.2) is 5.75 Å². The molecule has 0 aromatic heterocycles. The summed E-state index contributed by atoms with van der Waals surface area (Å²) in [5.74, 6) is -0.223. The molecule has 0 bridgehead atoms. The quantitative estimate of drug-likeness (QED) is 0.233. The van der Waals surface area contributed by atoms with Crippen molar-refractivity contribution in [2.24, 2.45) is 0 Å². The number of benzene rings is 3. The Morgan fingerprint density at radius 2 is 1.69 bits per heavy atom. The number of hydrogen-bond donors (Lipinski definition) is 1. The molecule has 0 saturated carbocycles. The minimum absolute atomic E-state index is 0.102. The van der Waals surface area contributed by atoms with Gasteiger partial charge in [0, 0.05) is 8.95 Å². The smallest absolute Gasteiger partial charge is 0.266 e. The minimum atomic E-state index is -0.561. The number of anilines is 1. The average Bonchev–Trinajstić information content (AvgIpc) is 2.74. The van der Waals surface area contributed by atoms with Gasteiger partial charge in [-0.15, -0.1) is 0 Å². The van der Waals surface area contributed by atoms with E-state index in [1.54, 1.807) is 12.1 Å². The maximum atomic E-state index is 12.7. The second-order valence-electron chi connectivity index (χ2n) is 6.82. The fraction of sp³-hybridized carbons (Fsp3) is 0.0833. The first kappa shape index (κ1) is 24.3. The van der Waals surface area contributed by atoms with Crippen LogP contribution in [0.2, 0.25) is 10.0 Å². The van der Waals surface area contributed by atoms with Crippen molar-refractivity contribution in [2.75, 3.05) is 5.32 Å². The van der Waals surface area contributed by atoms with E-state index < -0.39 is 5.91 Å². The van der Waals surface area contributed by atoms with E-state index in [1.165, 1.54) is 6.08 Å². The lowest BCUT2D eigenvalue weighted by molar-refractivity contribution is -0.112. The summed E-state index contributed by atoms with van der Waals surface area (Å²) in [6.07, 6.45) is 1.42. The first-order valence-corrected chi connectivity index (χ1v) is 11.7. The summed E-state index contributed by atoms with van der Waals surface area (Å²) < 4.78 is 7.15. The summed E-state index contributed by atoms with van der Waals surface area (Å²) in [7, 11) is 0. The minimum Gasteiger partial charge on any atom is -0.486 e. The molecule has 0 aliphatic rings. The van der Waals surface area contributed by atoms with Crippen LogP contribution in [0.1, 0.15) is 16.7 Å². The second kappa shape index (κ2) is 11.0. The molecule has 0 aliphatic carbocycles. The van der Waals surface area contributed by atoms with Crippen LogP contribution < -0.4 is 10.1 Å². The van der Waals surface area contributed by atoms with Crippen LogP contribution in [0.25, 0.3) is 6.08 Å². The molecule has 0 aliphatic heterocycles. The first-order chi connectivity index (χ1) is 15.3. The molecule has 1 amide bonds. The van der Waals surface area contributed by atoms with Crippen LogP contribution in [0.4, 0.5) is 5.69 Å². The van der Waals surface area contributed by atoms with Gasteiger partial charge < -0.3 is 10.1 Å². The van der Waals surface area contributed by atoms with Gasteiger partial charge in [-0.2, -0.15) is 5.26 Å². The summed E-state index contributed by atoms with van der Waals surface area (Å²) >= 11 is 19.6. The number of rotatable bonds is 6. The molecule has 3 rings (SSSR count). The van der Waals surface area contributed by atoms with Gasteiger partial charge >= 0.3 is 0 Å². The number of carbonyl (C=O) groups excluding carboxylic acids is 1. The fourth-order valence-corrected chi connectivity index (χ4v) is 5.07. The standard InChI is InChI=1S/C24H16Br2Cl2N2O2/c1-14-7-18(25)22(19(26)8-14)30-24(31)17(12-29)9-16-10-20(27)23(21(28)11-16)32-13-15-5-3-2-4-6-15/h2-11H,13H2,1H3,(H,30,31)/b17-9+. The highest BCUT2D eigenvalue weighted by Crippen LogP contribution is 2.36. The second-order valence-corrected chi connectivity index (χ2v) is 9.34. The van der Waals surface area contributed by atoms with Gasteiger partial charge in [0.2, 0.25) is 0 Å². The third kappa shape index (κ3) is 6.14. The Balaban J connectivity index is 1.81. The number of ether oxygens (including phenoxy) is 1. The predicted molar refractivity (Wildman–Crippen MR) is 136 cm³/mol. The molecule has 0 spiro atoms. The Bertz CT molecular complexity index is 1190. The maximum Gasteiger partial charge on any atom is 0.266 e. The van der Waals surface area contributed by atoms with Crippen molar-refractivity contribution < 1.29 is 9.53 Å². The fourth-order valence-electron chi connectivity index (χ4n) is 2.85. The number of nitrogens with one attached hydrogen (secondary N) is 1. The zero-order valence-corrected chi connectivity index (χ0v) is 21.4. The lowest BCUT2D eigenvalue weighted by Crippen LogP contribution is -2.14. The van der Waals surface area contributed by atoms with Gasteiger partial charge in [0.1, 0.15) is 18.2 Å². The van der Waals surface area contributed by atoms with E-state index in [2.05, 4.69) is 37.2 Å². The molecule has 162 valence electrons. The molecule has 0 unspecified atom stereocenters. The molecule has 0 heterocycles. The van der Waals surface area contributed by atoms with E-state index in [0.29, 0.717) is 32.6 Å². The van der Waals surface area contributed by atoms with Crippen molar-refractivity contribution >= 4 is 72.7 Å². The van der Waals surface area contributed by atoms with Crippen molar-refractivity contribution in [1.82, 2.24) is 0 Å². The highest BCUT2D eigenvalue weighted by Gasteiger charge is 2.16. The van der Waals surface area contributed by atoms with Crippen molar-refractivity contribution in [3.05, 3.63) is 95.9 Å². The van der Waals surface area contributed by atoms with E-state index in [1.807, 2.05) is 55.5 Å². The van der Waals surface area contributed by atoms with Gasteiger partial charge in [-0.05, 0) is 85.8 Å². The molecular weight excluding hydrogens is 579 g/mol. The van der Waals surface area contributed by atoms with E-state index >= 15 is 0 Å². The molecule has 8 heteroatoms. The molecule has 32 heavy (non-hydrogen) atoms. The molecule has 0 radical (unpaired) electrons. The largest absolute Gasteiger partial charge is 0.486 e. The monoisotopic (exact) mass is 592 g/mol. The number of nitrogens with zero attached hydrogens (tertiary/aromatic N) is 1. The normalized spacial score (nSPS) is 11.1. The van der Waals surface area contributed by atoms with E-state index in [4.69, 9.17) is 27.9 Å². The number of amides is 1. The maximum absolute atomic E-state index is 12.7. The number of halogens is 4. The highest BCUT2D eigenvalue weighted by molar-refractivity contribution is 9.11. The van der Waals surface area contributed by atoms with Gasteiger partial charge in [0.25, 0.3) is 5.91 Å². The molecule has 3 aromatic rings. The lowest BCUT2D eigenvalue weighted by atomic mass is 10.1. The van der Waals surface area contributed by atoms with Gasteiger partial charge in [0.05, 0.1) is 15.7 Å². The summed E-state index contributed by atoms with van der Waals surface area (Å²) in [6.45, 7) is 2.24. The van der Waals surface area contributed by atoms with Crippen molar-refractivity contribution in [3.8, 4) is 11.8 Å². The van der Waals surface area contributed by atoms with Crippen molar-refractivity contribution in [1.29, 1.82) is 5.26 Å². The first-order valence-electron chi connectivity index (χ1n) is 9.33. The van der Waals surface area contributed by atoms with Crippen LogP contribution in [-0.4, -0.2) is 5.91 Å². The van der Waals surface area contributed by atoms with E-state index in [-0.39, 0.29) is 15.6 Å². The topological polar surface area (TPSA) is 62.1 Å². The third-order valence-electron chi connectivity index (χ3n) is 4.35. The molecule has 1 N–H and O–H groups in total. The van der Waals surface area contributed by atoms with Crippen LogP contribution >= 0.6 is 55.1 Å². The Hall–Kier alpha value is -2.30. The summed E-state index contributed by atoms with van der Waals surface area (Å²) in [6, 6.07) is 18.5. The molecule has 4 nitrogen and oxygen atoms in total. The highest BCUT2D eigenvalue weighted by atomic mass is 79.9. The summed E-state index contributed by atoms with van der Waals surface area (Å²) in [5, 5.41) is 12.8. The number of carbonyl (C=O) groups is 1. The molecular formula is C24H16Br2Cl2N2O2. The Labute approximate surface area is 213 Å². The van der Waals surface area contributed by atoms with Crippen molar-refractivity contribution in [2.45, 2.75) is 13.5 Å². The van der Waals surface area contributed by atoms with Crippen LogP contribution in [0.3, 0.4) is 0 Å². The molecule has 3 aromatic carbocycles. The van der Waals surface area contributed by atoms with Gasteiger partial charge in [-0.3, -0.25) is 4.79 Å². The van der Waals surface area contributed by atoms with Crippen LogP contribution in [0.5, 0.6) is 5.75 Å². The molecule has 0 saturated heterocycles. The third-order valence-corrected chi connectivity index (χ3v) is 6.16. The van der Waals surface area contributed by atoms with Crippen LogP contribution in [0.15, 0.2) is 69.1 Å². The SMILES string of the molecule is Cc1cc(Br)c(NC(=O)/C(C#N)=C/c2cc(Cl)c(OCc3ccccc3)c(Cl)c2)c(Br)c1. The van der Waals surface area contributed by atoms with E-state index in [9.17, 15) is 10.1 Å².